The number of benzene rings is 1. The Morgan fingerprint density at radius 2 is 2.22 bits per heavy atom. The lowest BCUT2D eigenvalue weighted by molar-refractivity contribution is -0.122. The molecule has 0 aliphatic rings. The summed E-state index contributed by atoms with van der Waals surface area (Å²) in [5.41, 5.74) is 1.03. The first kappa shape index (κ1) is 15.0. The Bertz CT molecular complexity index is 382. The van der Waals surface area contributed by atoms with Gasteiger partial charge in [-0.3, -0.25) is 4.79 Å². The quantitative estimate of drug-likeness (QED) is 0.748. The number of amides is 1. The molecular weight excluding hydrogens is 250 g/mol. The van der Waals surface area contributed by atoms with Crippen LogP contribution >= 0.6 is 11.6 Å². The molecule has 3 nitrogen and oxygen atoms in total. The molecule has 1 amide bonds. The standard InChI is InChI=1S/C14H20ClNO2/c1-2-13(11-6-5-7-12(15)10-11)16-14(18)8-3-4-9-17/h5-7,10,13,17H,2-4,8-9H2,1H3,(H,16,18). The number of nitrogens with one attached hydrogen (secondary N) is 1. The summed E-state index contributed by atoms with van der Waals surface area (Å²) in [7, 11) is 0. The van der Waals surface area contributed by atoms with Gasteiger partial charge in [0, 0.05) is 18.1 Å². The molecule has 0 radical (unpaired) electrons. The summed E-state index contributed by atoms with van der Waals surface area (Å²) < 4.78 is 0. The molecule has 2 N–H and O–H groups in total. The van der Waals surface area contributed by atoms with Crippen molar-refractivity contribution < 1.29 is 9.90 Å². The predicted molar refractivity (Wildman–Crippen MR) is 73.6 cm³/mol. The molecule has 0 aliphatic heterocycles. The molecule has 0 saturated carbocycles. The average molecular weight is 270 g/mol. The van der Waals surface area contributed by atoms with E-state index >= 15 is 0 Å². The summed E-state index contributed by atoms with van der Waals surface area (Å²) in [5.74, 6) is 0.0234. The molecule has 0 bridgehead atoms. The SMILES string of the molecule is CCC(NC(=O)CCCCO)c1cccc(Cl)c1. The minimum absolute atomic E-state index is 0.00493. The third kappa shape index (κ3) is 5.07. The first-order valence-corrected chi connectivity index (χ1v) is 6.70. The molecule has 1 aromatic carbocycles. The number of carbonyl (C=O) groups is 1. The van der Waals surface area contributed by atoms with Gasteiger partial charge >= 0.3 is 0 Å². The smallest absolute Gasteiger partial charge is 0.220 e. The number of hydrogen-bond acceptors (Lipinski definition) is 2. The van der Waals surface area contributed by atoms with Crippen molar-refractivity contribution in [2.45, 2.75) is 38.6 Å². The number of rotatable bonds is 7. The second-order valence-corrected chi connectivity index (χ2v) is 4.70. The summed E-state index contributed by atoms with van der Waals surface area (Å²) in [5, 5.41) is 12.3. The summed E-state index contributed by atoms with van der Waals surface area (Å²) in [6.45, 7) is 2.17. The van der Waals surface area contributed by atoms with Crippen molar-refractivity contribution in [2.75, 3.05) is 6.61 Å². The maximum absolute atomic E-state index is 11.7. The van der Waals surface area contributed by atoms with Crippen molar-refractivity contribution in [1.29, 1.82) is 0 Å². The van der Waals surface area contributed by atoms with Crippen LogP contribution in [0, 0.1) is 0 Å². The minimum atomic E-state index is 0.00493. The summed E-state index contributed by atoms with van der Waals surface area (Å²) in [4.78, 5) is 11.7. The fourth-order valence-corrected chi connectivity index (χ4v) is 2.01. The van der Waals surface area contributed by atoms with E-state index < -0.39 is 0 Å². The van der Waals surface area contributed by atoms with Crippen LogP contribution in [0.15, 0.2) is 24.3 Å². The number of aliphatic hydroxyl groups is 1. The van der Waals surface area contributed by atoms with E-state index in [1.54, 1.807) is 0 Å². The molecule has 0 heterocycles. The second-order valence-electron chi connectivity index (χ2n) is 4.26. The zero-order chi connectivity index (χ0) is 13.4. The van der Waals surface area contributed by atoms with E-state index in [0.29, 0.717) is 24.3 Å². The van der Waals surface area contributed by atoms with Gasteiger partial charge in [0.15, 0.2) is 0 Å². The van der Waals surface area contributed by atoms with E-state index in [2.05, 4.69) is 5.32 Å². The van der Waals surface area contributed by atoms with Crippen LogP contribution in [-0.4, -0.2) is 17.6 Å². The maximum atomic E-state index is 11.7. The third-order valence-electron chi connectivity index (χ3n) is 2.81. The molecule has 0 saturated heterocycles. The summed E-state index contributed by atoms with van der Waals surface area (Å²) in [6.07, 6.45) is 2.67. The third-order valence-corrected chi connectivity index (χ3v) is 3.04. The zero-order valence-corrected chi connectivity index (χ0v) is 11.4. The average Bonchev–Trinajstić information content (AvgIpc) is 2.36. The van der Waals surface area contributed by atoms with Gasteiger partial charge in [-0.05, 0) is 37.0 Å². The van der Waals surface area contributed by atoms with Crippen molar-refractivity contribution in [3.8, 4) is 0 Å². The molecular formula is C14H20ClNO2. The number of aliphatic hydroxyl groups excluding tert-OH is 1. The fraction of sp³-hybridized carbons (Fsp3) is 0.500. The van der Waals surface area contributed by atoms with E-state index in [9.17, 15) is 4.79 Å². The van der Waals surface area contributed by atoms with Crippen molar-refractivity contribution in [1.82, 2.24) is 5.32 Å². The zero-order valence-electron chi connectivity index (χ0n) is 10.7. The molecule has 0 fully saturated rings. The number of hydrogen-bond donors (Lipinski definition) is 2. The van der Waals surface area contributed by atoms with Crippen LogP contribution in [0.2, 0.25) is 5.02 Å². The Kier molecular flexibility index (Phi) is 6.76. The first-order valence-electron chi connectivity index (χ1n) is 6.33. The van der Waals surface area contributed by atoms with Gasteiger partial charge in [-0.1, -0.05) is 30.7 Å². The van der Waals surface area contributed by atoms with Crippen molar-refractivity contribution in [3.63, 3.8) is 0 Å². The Morgan fingerprint density at radius 3 is 2.83 bits per heavy atom. The monoisotopic (exact) mass is 269 g/mol. The van der Waals surface area contributed by atoms with Gasteiger partial charge in [-0.2, -0.15) is 0 Å². The first-order chi connectivity index (χ1) is 8.67. The highest BCUT2D eigenvalue weighted by Crippen LogP contribution is 2.20. The lowest BCUT2D eigenvalue weighted by atomic mass is 10.0. The van der Waals surface area contributed by atoms with Crippen LogP contribution in [0.4, 0.5) is 0 Å². The predicted octanol–water partition coefficient (Wildman–Crippen LogP) is 3.07. The molecule has 1 rings (SSSR count). The highest BCUT2D eigenvalue weighted by Gasteiger charge is 2.12. The number of unbranched alkanes of at least 4 members (excludes halogenated alkanes) is 1. The summed E-state index contributed by atoms with van der Waals surface area (Å²) >= 11 is 5.94. The molecule has 18 heavy (non-hydrogen) atoms. The molecule has 0 spiro atoms. The Hall–Kier alpha value is -1.06. The number of carbonyl (C=O) groups excluding carboxylic acids is 1. The Labute approximate surface area is 113 Å². The van der Waals surface area contributed by atoms with Gasteiger partial charge in [0.2, 0.25) is 5.91 Å². The maximum Gasteiger partial charge on any atom is 0.220 e. The lowest BCUT2D eigenvalue weighted by Crippen LogP contribution is -2.27. The van der Waals surface area contributed by atoms with Crippen molar-refractivity contribution >= 4 is 17.5 Å². The van der Waals surface area contributed by atoms with Crippen LogP contribution in [0.25, 0.3) is 0 Å². The van der Waals surface area contributed by atoms with Crippen LogP contribution < -0.4 is 5.32 Å². The van der Waals surface area contributed by atoms with Crippen molar-refractivity contribution in [2.24, 2.45) is 0 Å². The van der Waals surface area contributed by atoms with Gasteiger partial charge in [-0.15, -0.1) is 0 Å². The van der Waals surface area contributed by atoms with Gasteiger partial charge in [-0.25, -0.2) is 0 Å². The molecule has 1 atom stereocenters. The molecule has 0 aromatic heterocycles. The molecule has 1 aromatic rings. The fourth-order valence-electron chi connectivity index (χ4n) is 1.81. The van der Waals surface area contributed by atoms with E-state index in [1.807, 2.05) is 31.2 Å². The van der Waals surface area contributed by atoms with Gasteiger partial charge in [0.25, 0.3) is 0 Å². The molecule has 0 aliphatic carbocycles. The van der Waals surface area contributed by atoms with E-state index in [1.165, 1.54) is 0 Å². The second kappa shape index (κ2) is 8.11. The minimum Gasteiger partial charge on any atom is -0.396 e. The van der Waals surface area contributed by atoms with Crippen LogP contribution in [-0.2, 0) is 4.79 Å². The summed E-state index contributed by atoms with van der Waals surface area (Å²) in [6, 6.07) is 7.56. The molecule has 100 valence electrons. The van der Waals surface area contributed by atoms with Gasteiger partial charge < -0.3 is 10.4 Å². The van der Waals surface area contributed by atoms with Gasteiger partial charge in [0.05, 0.1) is 6.04 Å². The lowest BCUT2D eigenvalue weighted by Gasteiger charge is -2.17. The van der Waals surface area contributed by atoms with Crippen LogP contribution in [0.5, 0.6) is 0 Å². The van der Waals surface area contributed by atoms with E-state index in [-0.39, 0.29) is 18.6 Å². The molecule has 1 unspecified atom stereocenters. The number of halogens is 1. The van der Waals surface area contributed by atoms with E-state index in [4.69, 9.17) is 16.7 Å². The highest BCUT2D eigenvalue weighted by molar-refractivity contribution is 6.30. The van der Waals surface area contributed by atoms with Crippen LogP contribution in [0.1, 0.15) is 44.2 Å². The normalized spacial score (nSPS) is 12.2. The highest BCUT2D eigenvalue weighted by atomic mass is 35.5. The van der Waals surface area contributed by atoms with Crippen LogP contribution in [0.3, 0.4) is 0 Å². The Balaban J connectivity index is 2.54. The largest absolute Gasteiger partial charge is 0.396 e. The van der Waals surface area contributed by atoms with Crippen molar-refractivity contribution in [3.05, 3.63) is 34.9 Å². The molecule has 4 heteroatoms. The topological polar surface area (TPSA) is 49.3 Å². The van der Waals surface area contributed by atoms with Gasteiger partial charge in [0.1, 0.15) is 0 Å². The Morgan fingerprint density at radius 1 is 1.44 bits per heavy atom. The van der Waals surface area contributed by atoms with E-state index in [0.717, 1.165) is 12.0 Å².